The molecule has 132 valence electrons. The Morgan fingerprint density at radius 1 is 1.38 bits per heavy atom. The van der Waals surface area contributed by atoms with Gasteiger partial charge < -0.3 is 20.4 Å². The molecule has 11 nitrogen and oxygen atoms in total. The summed E-state index contributed by atoms with van der Waals surface area (Å²) in [7, 11) is 0. The molecule has 0 aliphatic carbocycles. The highest BCUT2D eigenvalue weighted by Crippen LogP contribution is 2.46. The molecule has 2 aromatic rings. The van der Waals surface area contributed by atoms with Gasteiger partial charge in [-0.05, 0) is 6.42 Å². The zero-order valence-corrected chi connectivity index (χ0v) is 13.5. The summed E-state index contributed by atoms with van der Waals surface area (Å²) in [6.07, 6.45) is 0.0345. The molecule has 1 unspecified atom stereocenters. The number of anilines is 2. The molecular weight excluding hydrogens is 316 g/mol. The minimum absolute atomic E-state index is 0.140. The maximum absolute atomic E-state index is 10.8. The highest BCUT2D eigenvalue weighted by molar-refractivity contribution is 5.84. The Bertz CT molecular complexity index is 737. The number of hydrogen-bond acceptors (Lipinski definition) is 10. The number of hydrazine groups is 2. The zero-order chi connectivity index (χ0) is 17.5. The van der Waals surface area contributed by atoms with E-state index in [4.69, 9.17) is 16.4 Å². The van der Waals surface area contributed by atoms with Crippen LogP contribution in [0.25, 0.3) is 11.2 Å². The predicted octanol–water partition coefficient (Wildman–Crippen LogP) is -0.936. The van der Waals surface area contributed by atoms with Crippen molar-refractivity contribution >= 4 is 22.9 Å². The van der Waals surface area contributed by atoms with E-state index in [-0.39, 0.29) is 18.4 Å². The molecule has 1 aliphatic heterocycles. The first-order chi connectivity index (χ1) is 11.5. The summed E-state index contributed by atoms with van der Waals surface area (Å²) in [6, 6.07) is 0. The summed E-state index contributed by atoms with van der Waals surface area (Å²) in [5.74, 6) is 11.3. The number of imidazole rings is 1. The van der Waals surface area contributed by atoms with Crippen LogP contribution >= 0.6 is 0 Å². The lowest BCUT2D eigenvalue weighted by molar-refractivity contribution is -0.0511. The number of ether oxygens (including phenoxy) is 1. The number of aliphatic hydroxyl groups excluding tert-OH is 2. The fourth-order valence-electron chi connectivity index (χ4n) is 3.09. The van der Waals surface area contributed by atoms with Gasteiger partial charge in [0.2, 0.25) is 5.95 Å². The van der Waals surface area contributed by atoms with Crippen molar-refractivity contribution in [3.8, 4) is 0 Å². The van der Waals surface area contributed by atoms with E-state index in [1.54, 1.807) is 4.57 Å². The van der Waals surface area contributed by atoms with Crippen LogP contribution in [0.5, 0.6) is 0 Å². The second-order valence-corrected chi connectivity index (χ2v) is 6.01. The van der Waals surface area contributed by atoms with E-state index in [2.05, 4.69) is 25.8 Å². The third-order valence-corrected chi connectivity index (χ3v) is 4.87. The van der Waals surface area contributed by atoms with Gasteiger partial charge in [0.1, 0.15) is 6.10 Å². The van der Waals surface area contributed by atoms with Gasteiger partial charge >= 0.3 is 0 Å². The third-order valence-electron chi connectivity index (χ3n) is 4.87. The second kappa shape index (κ2) is 6.11. The van der Waals surface area contributed by atoms with Gasteiger partial charge in [-0.1, -0.05) is 13.8 Å². The van der Waals surface area contributed by atoms with Gasteiger partial charge in [-0.15, -0.1) is 0 Å². The summed E-state index contributed by atoms with van der Waals surface area (Å²) in [4.78, 5) is 12.6. The Morgan fingerprint density at radius 2 is 2.12 bits per heavy atom. The molecule has 1 saturated heterocycles. The first kappa shape index (κ1) is 16.8. The largest absolute Gasteiger partial charge is 0.394 e. The Labute approximate surface area is 138 Å². The molecule has 0 amide bonds. The van der Waals surface area contributed by atoms with Crippen LogP contribution in [0, 0.1) is 5.41 Å². The molecule has 1 fully saturated rings. The van der Waals surface area contributed by atoms with Crippen LogP contribution in [0.15, 0.2) is 6.33 Å². The van der Waals surface area contributed by atoms with Gasteiger partial charge in [-0.25, -0.2) is 16.7 Å². The van der Waals surface area contributed by atoms with Crippen molar-refractivity contribution in [1.82, 2.24) is 19.5 Å². The van der Waals surface area contributed by atoms with Crippen LogP contribution in [0.1, 0.15) is 26.5 Å². The number of aliphatic hydroxyl groups is 2. The molecule has 0 spiro atoms. The number of aromatic nitrogens is 4. The van der Waals surface area contributed by atoms with E-state index in [9.17, 15) is 10.2 Å². The number of rotatable bonds is 5. The summed E-state index contributed by atoms with van der Waals surface area (Å²) < 4.78 is 7.48. The maximum Gasteiger partial charge on any atom is 0.241 e. The second-order valence-electron chi connectivity index (χ2n) is 6.01. The van der Waals surface area contributed by atoms with Crippen molar-refractivity contribution in [1.29, 1.82) is 0 Å². The lowest BCUT2D eigenvalue weighted by Gasteiger charge is -2.30. The summed E-state index contributed by atoms with van der Waals surface area (Å²) in [6.45, 7) is 3.63. The van der Waals surface area contributed by atoms with Gasteiger partial charge in [0, 0.05) is 5.41 Å². The first-order valence-corrected chi connectivity index (χ1v) is 7.62. The lowest BCUT2D eigenvalue weighted by atomic mass is 9.78. The van der Waals surface area contributed by atoms with Crippen molar-refractivity contribution in [3.05, 3.63) is 6.33 Å². The van der Waals surface area contributed by atoms with Gasteiger partial charge in [-0.3, -0.25) is 9.99 Å². The van der Waals surface area contributed by atoms with E-state index in [0.717, 1.165) is 0 Å². The van der Waals surface area contributed by atoms with Crippen LogP contribution in [0.4, 0.5) is 11.8 Å². The molecule has 4 atom stereocenters. The zero-order valence-electron chi connectivity index (χ0n) is 13.5. The Balaban J connectivity index is 2.10. The minimum Gasteiger partial charge on any atom is -0.394 e. The lowest BCUT2D eigenvalue weighted by Crippen LogP contribution is -2.38. The van der Waals surface area contributed by atoms with E-state index in [1.165, 1.54) is 6.33 Å². The van der Waals surface area contributed by atoms with Crippen LogP contribution in [0.3, 0.4) is 0 Å². The van der Waals surface area contributed by atoms with Gasteiger partial charge in [0.25, 0.3) is 0 Å². The first-order valence-electron chi connectivity index (χ1n) is 7.62. The van der Waals surface area contributed by atoms with E-state index in [1.807, 2.05) is 13.8 Å². The van der Waals surface area contributed by atoms with Crippen molar-refractivity contribution in [2.45, 2.75) is 38.7 Å². The van der Waals surface area contributed by atoms with Crippen molar-refractivity contribution < 1.29 is 14.9 Å². The topological polar surface area (TPSA) is 169 Å². The molecule has 0 bridgehead atoms. The summed E-state index contributed by atoms with van der Waals surface area (Å²) in [5.41, 5.74) is 5.02. The average molecular weight is 338 g/mol. The molecule has 0 saturated carbocycles. The van der Waals surface area contributed by atoms with Crippen LogP contribution in [0.2, 0.25) is 0 Å². The van der Waals surface area contributed by atoms with Crippen LogP contribution in [-0.2, 0) is 4.74 Å². The predicted molar refractivity (Wildman–Crippen MR) is 86.3 cm³/mol. The molecule has 0 aromatic carbocycles. The molecular formula is C13H22N8O3. The maximum atomic E-state index is 10.8. The molecule has 3 rings (SSSR count). The summed E-state index contributed by atoms with van der Waals surface area (Å²) in [5, 5.41) is 20.4. The highest BCUT2D eigenvalue weighted by Gasteiger charge is 2.52. The standard InChI is InChI=1S/C13H22N8O3/c1-3-13(2)6(4-22)24-11(8(13)23)21-5-16-7-9(19-14)17-12(20-15)18-10(7)21/h5-6,8,11,22-23H,3-4,14-15H2,1-2H3,(H2,17,18,19,20)/t6-,8-,11-,13?/m1/s1. The number of nitrogens with zero attached hydrogens (tertiary/aromatic N) is 4. The van der Waals surface area contributed by atoms with Crippen LogP contribution < -0.4 is 22.5 Å². The monoisotopic (exact) mass is 338 g/mol. The van der Waals surface area contributed by atoms with Gasteiger partial charge in [-0.2, -0.15) is 9.97 Å². The molecule has 11 heteroatoms. The highest BCUT2D eigenvalue weighted by atomic mass is 16.5. The SMILES string of the molecule is CCC1(C)[C@H](O)[C@H](n2cnc3c(NN)nc(NN)nc32)O[C@@H]1CO. The number of nitrogens with two attached hydrogens (primary N) is 2. The molecule has 1 aliphatic rings. The molecule has 2 aromatic heterocycles. The van der Waals surface area contributed by atoms with E-state index < -0.39 is 23.9 Å². The number of nitrogens with one attached hydrogen (secondary N) is 2. The number of nitrogen functional groups attached to an aromatic ring is 2. The van der Waals surface area contributed by atoms with Crippen molar-refractivity contribution in [2.75, 3.05) is 17.5 Å². The fraction of sp³-hybridized carbons (Fsp3) is 0.615. The quantitative estimate of drug-likeness (QED) is 0.295. The average Bonchev–Trinajstić information content (AvgIpc) is 3.14. The van der Waals surface area contributed by atoms with Crippen molar-refractivity contribution in [3.63, 3.8) is 0 Å². The van der Waals surface area contributed by atoms with Crippen molar-refractivity contribution in [2.24, 2.45) is 17.1 Å². The van der Waals surface area contributed by atoms with E-state index >= 15 is 0 Å². The molecule has 0 radical (unpaired) electrons. The molecule has 24 heavy (non-hydrogen) atoms. The van der Waals surface area contributed by atoms with Gasteiger partial charge in [0.05, 0.1) is 19.0 Å². The Hall–Kier alpha value is -2.05. The number of hydrogen-bond donors (Lipinski definition) is 6. The normalized spacial score (nSPS) is 30.0. The smallest absolute Gasteiger partial charge is 0.241 e. The van der Waals surface area contributed by atoms with E-state index in [0.29, 0.717) is 17.6 Å². The van der Waals surface area contributed by atoms with Crippen LogP contribution in [-0.4, -0.2) is 48.5 Å². The fourth-order valence-corrected chi connectivity index (χ4v) is 3.09. The van der Waals surface area contributed by atoms with Gasteiger partial charge in [0.15, 0.2) is 23.2 Å². The third kappa shape index (κ3) is 2.29. The Kier molecular flexibility index (Phi) is 4.27. The Morgan fingerprint density at radius 3 is 2.67 bits per heavy atom. The molecule has 8 N–H and O–H groups in total. The minimum atomic E-state index is -0.851. The molecule has 3 heterocycles. The number of fused-ring (bicyclic) bond motifs is 1. The summed E-state index contributed by atoms with van der Waals surface area (Å²) >= 11 is 0.